The average Bonchev–Trinajstić information content (AvgIpc) is 3.13. The van der Waals surface area contributed by atoms with E-state index in [1.54, 1.807) is 24.3 Å². The van der Waals surface area contributed by atoms with Crippen LogP contribution in [0.1, 0.15) is 25.6 Å². The Balaban J connectivity index is 1.55. The van der Waals surface area contributed by atoms with Crippen LogP contribution in [0.2, 0.25) is 0 Å². The second kappa shape index (κ2) is 6.65. The number of hydrogen-bond donors (Lipinski definition) is 1. The molecule has 0 bridgehead atoms. The van der Waals surface area contributed by atoms with Crippen molar-refractivity contribution in [1.29, 1.82) is 0 Å². The van der Waals surface area contributed by atoms with E-state index >= 15 is 0 Å². The van der Waals surface area contributed by atoms with Gasteiger partial charge in [-0.05, 0) is 42.5 Å². The lowest BCUT2D eigenvalue weighted by Gasteiger charge is -2.16. The molecule has 3 aromatic rings. The van der Waals surface area contributed by atoms with Crippen molar-refractivity contribution < 1.29 is 19.1 Å². The molecule has 0 saturated carbocycles. The number of carbonyl (C=O) groups is 2. The lowest BCUT2D eigenvalue weighted by molar-refractivity contribution is 0.0600. The van der Waals surface area contributed by atoms with E-state index in [2.05, 4.69) is 10.1 Å². The van der Waals surface area contributed by atoms with Gasteiger partial charge in [0.05, 0.1) is 17.6 Å². The molecule has 0 saturated heterocycles. The standard InChI is InChI=1S/C20H15NO4S/c1-24-20(23)12-6-8-14(9-7-12)21-19(22)17-10-13-11-25-16-5-3-2-4-15(16)18(13)26-17/h2-10H,11H2,1H3,(H,21,22). The highest BCUT2D eigenvalue weighted by atomic mass is 32.1. The number of para-hydroxylation sites is 1. The van der Waals surface area contributed by atoms with Crippen molar-refractivity contribution in [2.24, 2.45) is 0 Å². The quantitative estimate of drug-likeness (QED) is 0.701. The van der Waals surface area contributed by atoms with E-state index in [0.29, 0.717) is 22.7 Å². The van der Waals surface area contributed by atoms with Gasteiger partial charge in [-0.1, -0.05) is 12.1 Å². The van der Waals surface area contributed by atoms with Crippen molar-refractivity contribution in [3.8, 4) is 16.2 Å². The third-order valence-electron chi connectivity index (χ3n) is 4.11. The first-order valence-corrected chi connectivity index (χ1v) is 8.82. The number of thiophene rings is 1. The number of carbonyl (C=O) groups excluding carboxylic acids is 2. The van der Waals surface area contributed by atoms with Crippen LogP contribution in [-0.2, 0) is 11.3 Å². The van der Waals surface area contributed by atoms with Crippen molar-refractivity contribution in [3.63, 3.8) is 0 Å². The van der Waals surface area contributed by atoms with E-state index in [9.17, 15) is 9.59 Å². The van der Waals surface area contributed by atoms with E-state index in [-0.39, 0.29) is 5.91 Å². The van der Waals surface area contributed by atoms with Gasteiger partial charge in [0.25, 0.3) is 5.91 Å². The van der Waals surface area contributed by atoms with Gasteiger partial charge in [-0.25, -0.2) is 4.79 Å². The van der Waals surface area contributed by atoms with Crippen molar-refractivity contribution in [2.75, 3.05) is 12.4 Å². The van der Waals surface area contributed by atoms with Gasteiger partial charge in [0.1, 0.15) is 12.4 Å². The van der Waals surface area contributed by atoms with Crippen LogP contribution in [0.15, 0.2) is 54.6 Å². The van der Waals surface area contributed by atoms with E-state index in [1.807, 2.05) is 30.3 Å². The van der Waals surface area contributed by atoms with Crippen LogP contribution in [0, 0.1) is 0 Å². The molecule has 6 heteroatoms. The number of rotatable bonds is 3. The maximum Gasteiger partial charge on any atom is 0.337 e. The molecule has 0 aliphatic carbocycles. The molecule has 1 amide bonds. The minimum Gasteiger partial charge on any atom is -0.488 e. The number of esters is 1. The summed E-state index contributed by atoms with van der Waals surface area (Å²) in [5.41, 5.74) is 3.08. The zero-order valence-electron chi connectivity index (χ0n) is 13.9. The van der Waals surface area contributed by atoms with Gasteiger partial charge in [0, 0.05) is 21.7 Å². The molecule has 1 N–H and O–H groups in total. The molecule has 0 radical (unpaired) electrons. The molecule has 0 unspecified atom stereocenters. The third-order valence-corrected chi connectivity index (χ3v) is 5.32. The maximum absolute atomic E-state index is 12.6. The second-order valence-corrected chi connectivity index (χ2v) is 6.83. The topological polar surface area (TPSA) is 64.6 Å². The molecule has 130 valence electrons. The smallest absolute Gasteiger partial charge is 0.337 e. The van der Waals surface area contributed by atoms with Crippen LogP contribution >= 0.6 is 11.3 Å². The van der Waals surface area contributed by atoms with Gasteiger partial charge in [-0.15, -0.1) is 11.3 Å². The van der Waals surface area contributed by atoms with E-state index in [0.717, 1.165) is 21.8 Å². The van der Waals surface area contributed by atoms with Gasteiger partial charge in [0.2, 0.25) is 0 Å². The number of anilines is 1. The number of ether oxygens (including phenoxy) is 2. The summed E-state index contributed by atoms with van der Waals surface area (Å²) >= 11 is 1.45. The summed E-state index contributed by atoms with van der Waals surface area (Å²) in [5, 5.41) is 2.85. The van der Waals surface area contributed by atoms with E-state index in [1.165, 1.54) is 18.4 Å². The fourth-order valence-electron chi connectivity index (χ4n) is 2.81. The van der Waals surface area contributed by atoms with Gasteiger partial charge in [-0.2, -0.15) is 0 Å². The molecule has 2 aromatic carbocycles. The van der Waals surface area contributed by atoms with Gasteiger partial charge < -0.3 is 14.8 Å². The fourth-order valence-corrected chi connectivity index (χ4v) is 3.90. The minimum absolute atomic E-state index is 0.187. The normalized spacial score (nSPS) is 11.7. The number of benzene rings is 2. The highest BCUT2D eigenvalue weighted by Crippen LogP contribution is 2.42. The molecule has 2 heterocycles. The van der Waals surface area contributed by atoms with Crippen LogP contribution in [0.25, 0.3) is 10.4 Å². The Hall–Kier alpha value is -3.12. The molecule has 1 aliphatic rings. The fraction of sp³-hybridized carbons (Fsp3) is 0.100. The van der Waals surface area contributed by atoms with Crippen LogP contribution in [0.5, 0.6) is 5.75 Å². The highest BCUT2D eigenvalue weighted by Gasteiger charge is 2.22. The summed E-state index contributed by atoms with van der Waals surface area (Å²) in [6.07, 6.45) is 0. The molecule has 0 fully saturated rings. The predicted molar refractivity (Wildman–Crippen MR) is 99.8 cm³/mol. The minimum atomic E-state index is -0.410. The van der Waals surface area contributed by atoms with Crippen LogP contribution < -0.4 is 10.1 Å². The largest absolute Gasteiger partial charge is 0.488 e. The Morgan fingerprint density at radius 2 is 1.88 bits per heavy atom. The van der Waals surface area contributed by atoms with Crippen molar-refractivity contribution in [3.05, 3.63) is 70.6 Å². The van der Waals surface area contributed by atoms with Crippen molar-refractivity contribution >= 4 is 28.9 Å². The molecular weight excluding hydrogens is 350 g/mol. The lowest BCUT2D eigenvalue weighted by Crippen LogP contribution is -2.10. The molecule has 1 aromatic heterocycles. The number of nitrogens with one attached hydrogen (secondary N) is 1. The highest BCUT2D eigenvalue weighted by molar-refractivity contribution is 7.17. The van der Waals surface area contributed by atoms with E-state index < -0.39 is 5.97 Å². The summed E-state index contributed by atoms with van der Waals surface area (Å²) in [4.78, 5) is 25.7. The molecule has 26 heavy (non-hydrogen) atoms. The number of amides is 1. The van der Waals surface area contributed by atoms with Gasteiger partial charge in [-0.3, -0.25) is 4.79 Å². The number of fused-ring (bicyclic) bond motifs is 3. The first-order chi connectivity index (χ1) is 12.7. The zero-order valence-corrected chi connectivity index (χ0v) is 14.8. The Bertz CT molecular complexity index is 991. The second-order valence-electron chi connectivity index (χ2n) is 5.77. The number of methoxy groups -OCH3 is 1. The summed E-state index contributed by atoms with van der Waals surface area (Å²) in [5.74, 6) is 0.243. The molecule has 1 aliphatic heterocycles. The summed E-state index contributed by atoms with van der Waals surface area (Å²) in [6.45, 7) is 0.462. The number of hydrogen-bond acceptors (Lipinski definition) is 5. The van der Waals surface area contributed by atoms with Crippen LogP contribution in [0.4, 0.5) is 5.69 Å². The first kappa shape index (κ1) is 16.4. The zero-order chi connectivity index (χ0) is 18.1. The SMILES string of the molecule is COC(=O)c1ccc(NC(=O)c2cc3c(s2)-c2ccccc2OC3)cc1. The Morgan fingerprint density at radius 3 is 2.65 bits per heavy atom. The van der Waals surface area contributed by atoms with E-state index in [4.69, 9.17) is 4.74 Å². The summed E-state index contributed by atoms with van der Waals surface area (Å²) in [7, 11) is 1.33. The summed E-state index contributed by atoms with van der Waals surface area (Å²) in [6, 6.07) is 16.3. The molecule has 0 atom stereocenters. The first-order valence-electron chi connectivity index (χ1n) is 8.00. The van der Waals surface area contributed by atoms with Crippen LogP contribution in [0.3, 0.4) is 0 Å². The monoisotopic (exact) mass is 365 g/mol. The molecule has 4 rings (SSSR count). The molecule has 5 nitrogen and oxygen atoms in total. The van der Waals surface area contributed by atoms with Crippen LogP contribution in [-0.4, -0.2) is 19.0 Å². The Morgan fingerprint density at radius 1 is 1.12 bits per heavy atom. The molecule has 0 spiro atoms. The van der Waals surface area contributed by atoms with Gasteiger partial charge >= 0.3 is 5.97 Å². The lowest BCUT2D eigenvalue weighted by atomic mass is 10.1. The van der Waals surface area contributed by atoms with Crippen molar-refractivity contribution in [2.45, 2.75) is 6.61 Å². The average molecular weight is 365 g/mol. The molecular formula is C20H15NO4S. The predicted octanol–water partition coefficient (Wildman–Crippen LogP) is 4.35. The Kier molecular flexibility index (Phi) is 4.18. The van der Waals surface area contributed by atoms with Gasteiger partial charge in [0.15, 0.2) is 0 Å². The van der Waals surface area contributed by atoms with Crippen molar-refractivity contribution in [1.82, 2.24) is 0 Å². The third kappa shape index (κ3) is 2.95. The maximum atomic E-state index is 12.6. The Labute approximate surface area is 154 Å². The summed E-state index contributed by atoms with van der Waals surface area (Å²) < 4.78 is 10.4.